The van der Waals surface area contributed by atoms with E-state index in [-0.39, 0.29) is 44.6 Å². The van der Waals surface area contributed by atoms with Gasteiger partial charge in [0, 0.05) is 13.0 Å². The quantitative estimate of drug-likeness (QED) is 0.170. The number of carbonyl (C=O) groups excluding carboxylic acids is 4. The summed E-state index contributed by atoms with van der Waals surface area (Å²) in [5, 5.41) is 22.0. The number of rotatable bonds is 16. The first-order valence-electron chi connectivity index (χ1n) is 17.6. The molecule has 13 nitrogen and oxygen atoms in total. The van der Waals surface area contributed by atoms with Gasteiger partial charge < -0.3 is 29.7 Å². The van der Waals surface area contributed by atoms with Crippen LogP contribution in [0.4, 0.5) is 0 Å². The van der Waals surface area contributed by atoms with Gasteiger partial charge in [-0.2, -0.15) is 0 Å². The maximum absolute atomic E-state index is 14.9. The van der Waals surface area contributed by atoms with Crippen LogP contribution in [0, 0.1) is 17.8 Å². The zero-order chi connectivity index (χ0) is 36.3. The number of nitrogens with one attached hydrogen (secondary N) is 1. The predicted octanol–water partition coefficient (Wildman–Crippen LogP) is 3.16. The molecule has 3 aliphatic heterocycles. The highest BCUT2D eigenvalue weighted by Crippen LogP contribution is 2.59. The SMILES string of the molecule is C=CCCC(=O)NC[C@H](OC(=O)[C@@H]1[C@H]2C(=O)N([C@@H](CO)C(C)C)[C@H](C(=O)N(CC=C)Cn3nnc4ccccc43)[C@]23CC[C@H]1O3)c1ccccc1. The van der Waals surface area contributed by atoms with E-state index in [0.717, 1.165) is 5.52 Å². The summed E-state index contributed by atoms with van der Waals surface area (Å²) in [6.45, 7) is 11.1. The van der Waals surface area contributed by atoms with E-state index in [4.69, 9.17) is 9.47 Å². The number of amides is 3. The molecule has 51 heavy (non-hydrogen) atoms. The molecule has 2 bridgehead atoms. The third-order valence-corrected chi connectivity index (χ3v) is 10.4. The molecule has 0 radical (unpaired) electrons. The molecule has 7 atom stereocenters. The molecule has 2 N–H and O–H groups in total. The second-order valence-electron chi connectivity index (χ2n) is 13.8. The fraction of sp³-hybridized carbons (Fsp3) is 0.474. The number of hydrogen-bond acceptors (Lipinski definition) is 9. The summed E-state index contributed by atoms with van der Waals surface area (Å²) >= 11 is 0. The highest BCUT2D eigenvalue weighted by atomic mass is 16.6. The number of carbonyl (C=O) groups is 4. The van der Waals surface area contributed by atoms with Crippen LogP contribution in [0.25, 0.3) is 11.0 Å². The number of nitrogens with zero attached hydrogens (tertiary/aromatic N) is 5. The first-order chi connectivity index (χ1) is 24.6. The van der Waals surface area contributed by atoms with Crippen molar-refractivity contribution in [3.8, 4) is 0 Å². The summed E-state index contributed by atoms with van der Waals surface area (Å²) in [6.07, 6.45) is 3.36. The molecule has 6 rings (SSSR count). The number of aliphatic hydroxyl groups is 1. The molecule has 4 heterocycles. The van der Waals surface area contributed by atoms with Crippen molar-refractivity contribution in [1.82, 2.24) is 30.1 Å². The first-order valence-corrected chi connectivity index (χ1v) is 17.6. The minimum atomic E-state index is -1.32. The van der Waals surface area contributed by atoms with E-state index in [1.165, 1.54) is 4.90 Å². The molecule has 13 heteroatoms. The summed E-state index contributed by atoms with van der Waals surface area (Å²) in [5.74, 6) is -3.89. The molecular formula is C38H46N6O7. The Hall–Kier alpha value is -4.88. The van der Waals surface area contributed by atoms with Crippen LogP contribution in [-0.4, -0.2) is 97.1 Å². The summed E-state index contributed by atoms with van der Waals surface area (Å²) in [6, 6.07) is 14.7. The zero-order valence-electron chi connectivity index (χ0n) is 29.1. The average molecular weight is 699 g/mol. The maximum atomic E-state index is 14.9. The van der Waals surface area contributed by atoms with E-state index >= 15 is 0 Å². The third-order valence-electron chi connectivity index (χ3n) is 10.4. The normalized spacial score (nSPS) is 24.7. The Morgan fingerprint density at radius 1 is 1.14 bits per heavy atom. The predicted molar refractivity (Wildman–Crippen MR) is 187 cm³/mol. The van der Waals surface area contributed by atoms with Gasteiger partial charge >= 0.3 is 5.97 Å². The van der Waals surface area contributed by atoms with Crippen LogP contribution in [-0.2, 0) is 35.3 Å². The van der Waals surface area contributed by atoms with Gasteiger partial charge in [0.2, 0.25) is 17.7 Å². The minimum absolute atomic E-state index is 0.0300. The summed E-state index contributed by atoms with van der Waals surface area (Å²) in [5.41, 5.74) is 0.762. The summed E-state index contributed by atoms with van der Waals surface area (Å²) in [4.78, 5) is 59.3. The average Bonchev–Trinajstić information content (AvgIpc) is 3.89. The van der Waals surface area contributed by atoms with E-state index in [2.05, 4.69) is 28.8 Å². The number of esters is 1. The number of aromatic nitrogens is 3. The molecular weight excluding hydrogens is 652 g/mol. The van der Waals surface area contributed by atoms with Crippen LogP contribution in [0.2, 0.25) is 0 Å². The second kappa shape index (κ2) is 15.2. The van der Waals surface area contributed by atoms with E-state index in [1.807, 2.05) is 68.4 Å². The Morgan fingerprint density at radius 2 is 1.88 bits per heavy atom. The number of hydrogen-bond donors (Lipinski definition) is 2. The monoisotopic (exact) mass is 698 g/mol. The molecule has 1 aromatic heterocycles. The molecule has 3 saturated heterocycles. The molecule has 3 aliphatic rings. The lowest BCUT2D eigenvalue weighted by molar-refractivity contribution is -0.161. The highest BCUT2D eigenvalue weighted by Gasteiger charge is 2.76. The largest absolute Gasteiger partial charge is 0.455 e. The minimum Gasteiger partial charge on any atom is -0.455 e. The van der Waals surface area contributed by atoms with Crippen molar-refractivity contribution in [1.29, 1.82) is 0 Å². The zero-order valence-corrected chi connectivity index (χ0v) is 29.1. The van der Waals surface area contributed by atoms with Crippen LogP contribution in [0.5, 0.6) is 0 Å². The topological polar surface area (TPSA) is 156 Å². The number of allylic oxidation sites excluding steroid dienone is 1. The number of benzene rings is 2. The summed E-state index contributed by atoms with van der Waals surface area (Å²) in [7, 11) is 0. The molecule has 3 amide bonds. The number of aliphatic hydroxyl groups excluding tert-OH is 1. The van der Waals surface area contributed by atoms with Crippen molar-refractivity contribution in [3.05, 3.63) is 85.5 Å². The van der Waals surface area contributed by atoms with Gasteiger partial charge in [0.25, 0.3) is 0 Å². The Kier molecular flexibility index (Phi) is 10.7. The smallest absolute Gasteiger partial charge is 0.313 e. The van der Waals surface area contributed by atoms with Crippen LogP contribution in [0.15, 0.2) is 79.9 Å². The van der Waals surface area contributed by atoms with Gasteiger partial charge in [-0.25, -0.2) is 4.68 Å². The standard InChI is InChI=1S/C38H46N6O7/c1-5-7-17-31(46)39-21-30(25-13-9-8-10-14-25)50-37(49)32-29-18-19-38(51-29)33(32)35(47)44(28(22-45)24(3)4)34(38)36(48)42(20-6-2)23-43-27-16-12-11-15-26(27)40-41-43/h5-6,8-16,24,28-30,32-34,45H,1-2,7,17-23H2,3-4H3,(H,39,46)/t28-,29+,30-,32-,33-,34+,38-/m0/s1. The number of likely N-dealkylation sites (tertiary alicyclic amines) is 1. The maximum Gasteiger partial charge on any atom is 0.313 e. The van der Waals surface area contributed by atoms with Gasteiger partial charge in [-0.3, -0.25) is 19.2 Å². The Labute approximate surface area is 297 Å². The van der Waals surface area contributed by atoms with Gasteiger partial charge in [0.1, 0.15) is 29.9 Å². The van der Waals surface area contributed by atoms with Crippen LogP contribution in [0.3, 0.4) is 0 Å². The van der Waals surface area contributed by atoms with Crippen molar-refractivity contribution in [2.75, 3.05) is 19.7 Å². The molecule has 2 aromatic carbocycles. The second-order valence-corrected chi connectivity index (χ2v) is 13.8. The van der Waals surface area contributed by atoms with Crippen molar-refractivity contribution >= 4 is 34.7 Å². The third kappa shape index (κ3) is 6.67. The van der Waals surface area contributed by atoms with Gasteiger partial charge in [0.15, 0.2) is 0 Å². The fourth-order valence-corrected chi connectivity index (χ4v) is 7.99. The van der Waals surface area contributed by atoms with Crippen LogP contribution in [0.1, 0.15) is 51.2 Å². The molecule has 270 valence electrons. The first kappa shape index (κ1) is 35.9. The molecule has 3 fully saturated rings. The van der Waals surface area contributed by atoms with Gasteiger partial charge in [-0.1, -0.05) is 73.7 Å². The Bertz CT molecular complexity index is 1780. The van der Waals surface area contributed by atoms with Crippen molar-refractivity contribution in [2.24, 2.45) is 17.8 Å². The molecule has 0 saturated carbocycles. The molecule has 3 aromatic rings. The lowest BCUT2D eigenvalue weighted by Gasteiger charge is -2.40. The van der Waals surface area contributed by atoms with Crippen molar-refractivity contribution in [2.45, 2.75) is 76.1 Å². The molecule has 0 aliphatic carbocycles. The summed E-state index contributed by atoms with van der Waals surface area (Å²) < 4.78 is 14.4. The molecule has 0 unspecified atom stereocenters. The van der Waals surface area contributed by atoms with E-state index in [0.29, 0.717) is 30.3 Å². The lowest BCUT2D eigenvalue weighted by Crippen LogP contribution is -2.59. The molecule has 1 spiro atoms. The Morgan fingerprint density at radius 3 is 2.59 bits per heavy atom. The van der Waals surface area contributed by atoms with Crippen molar-refractivity contribution < 1.29 is 33.8 Å². The van der Waals surface area contributed by atoms with Crippen molar-refractivity contribution in [3.63, 3.8) is 0 Å². The number of ether oxygens (including phenoxy) is 2. The van der Waals surface area contributed by atoms with Gasteiger partial charge in [-0.15, -0.1) is 18.3 Å². The lowest BCUT2D eigenvalue weighted by atomic mass is 9.70. The van der Waals surface area contributed by atoms with E-state index in [1.54, 1.807) is 21.7 Å². The van der Waals surface area contributed by atoms with Gasteiger partial charge in [-0.05, 0) is 42.9 Å². The highest BCUT2D eigenvalue weighted by molar-refractivity contribution is 5.98. The van der Waals surface area contributed by atoms with E-state index in [9.17, 15) is 24.3 Å². The van der Waals surface area contributed by atoms with Gasteiger partial charge in [0.05, 0.1) is 42.6 Å². The number of para-hydroxylation sites is 1. The Balaban J connectivity index is 1.32. The van der Waals surface area contributed by atoms with E-state index < -0.39 is 59.5 Å². The van der Waals surface area contributed by atoms with Crippen LogP contribution < -0.4 is 5.32 Å². The van der Waals surface area contributed by atoms with Crippen LogP contribution >= 0.6 is 0 Å². The number of fused-ring (bicyclic) bond motifs is 2. The fourth-order valence-electron chi connectivity index (χ4n) is 7.99.